The molecule has 0 atom stereocenters. The molecule has 2 aromatic heterocycles. The number of halogens is 2. The van der Waals surface area contributed by atoms with E-state index in [1.807, 2.05) is 6.92 Å². The summed E-state index contributed by atoms with van der Waals surface area (Å²) in [5, 5.41) is 0.122. The molecule has 3 nitrogen and oxygen atoms in total. The molecule has 0 unspecified atom stereocenters. The first-order valence-electron chi connectivity index (χ1n) is 4.27. The second-order valence-corrected chi connectivity index (χ2v) is 3.42. The van der Waals surface area contributed by atoms with Crippen LogP contribution in [0.2, 0.25) is 5.15 Å². The van der Waals surface area contributed by atoms with Crippen molar-refractivity contribution in [3.63, 3.8) is 0 Å². The van der Waals surface area contributed by atoms with Crippen molar-refractivity contribution in [3.8, 4) is 11.3 Å². The van der Waals surface area contributed by atoms with Gasteiger partial charge in [-0.1, -0.05) is 11.6 Å². The van der Waals surface area contributed by atoms with Gasteiger partial charge in [0, 0.05) is 18.5 Å². The molecule has 0 N–H and O–H groups in total. The Morgan fingerprint density at radius 2 is 1.93 bits per heavy atom. The molecule has 76 valence electrons. The van der Waals surface area contributed by atoms with Crippen LogP contribution in [0.3, 0.4) is 0 Å². The Hall–Kier alpha value is -1.55. The van der Waals surface area contributed by atoms with Crippen LogP contribution in [0.4, 0.5) is 4.39 Å². The van der Waals surface area contributed by atoms with Gasteiger partial charge in [0.1, 0.15) is 11.0 Å². The standard InChI is InChI=1S/C10H7ClFN3/c1-6-3-14-9(5-13-6)7-4-15-10(11)2-8(7)12/h2-5H,1H3. The van der Waals surface area contributed by atoms with Gasteiger partial charge in [-0.25, -0.2) is 9.37 Å². The van der Waals surface area contributed by atoms with E-state index >= 15 is 0 Å². The lowest BCUT2D eigenvalue weighted by Crippen LogP contribution is -1.92. The van der Waals surface area contributed by atoms with Gasteiger partial charge < -0.3 is 0 Å². The van der Waals surface area contributed by atoms with Crippen LogP contribution < -0.4 is 0 Å². The maximum atomic E-state index is 13.4. The summed E-state index contributed by atoms with van der Waals surface area (Å²) in [7, 11) is 0. The van der Waals surface area contributed by atoms with E-state index in [9.17, 15) is 4.39 Å². The smallest absolute Gasteiger partial charge is 0.137 e. The monoisotopic (exact) mass is 223 g/mol. The third kappa shape index (κ3) is 2.10. The molecule has 0 fully saturated rings. The van der Waals surface area contributed by atoms with E-state index in [2.05, 4.69) is 15.0 Å². The zero-order valence-electron chi connectivity index (χ0n) is 7.91. The minimum atomic E-state index is -0.451. The molecule has 0 spiro atoms. The summed E-state index contributed by atoms with van der Waals surface area (Å²) in [4.78, 5) is 11.9. The summed E-state index contributed by atoms with van der Waals surface area (Å²) in [5.41, 5.74) is 1.52. The maximum absolute atomic E-state index is 13.4. The molecular weight excluding hydrogens is 217 g/mol. The van der Waals surface area contributed by atoms with Gasteiger partial charge in [0.2, 0.25) is 0 Å². The van der Waals surface area contributed by atoms with E-state index in [0.717, 1.165) is 11.8 Å². The Balaban J connectivity index is 2.49. The van der Waals surface area contributed by atoms with Gasteiger partial charge in [0.15, 0.2) is 0 Å². The molecule has 0 radical (unpaired) electrons. The molecule has 0 bridgehead atoms. The number of aryl methyl sites for hydroxylation is 1. The van der Waals surface area contributed by atoms with Crippen LogP contribution in [0.1, 0.15) is 5.69 Å². The number of hydrogen-bond donors (Lipinski definition) is 0. The molecule has 0 aromatic carbocycles. The van der Waals surface area contributed by atoms with Gasteiger partial charge in [-0.05, 0) is 6.92 Å². The molecule has 2 heterocycles. The zero-order valence-corrected chi connectivity index (χ0v) is 8.66. The lowest BCUT2D eigenvalue weighted by atomic mass is 10.2. The summed E-state index contributed by atoms with van der Waals surface area (Å²) in [5.74, 6) is -0.451. The van der Waals surface area contributed by atoms with E-state index in [1.54, 1.807) is 6.20 Å². The Morgan fingerprint density at radius 3 is 2.53 bits per heavy atom. The van der Waals surface area contributed by atoms with E-state index < -0.39 is 5.82 Å². The van der Waals surface area contributed by atoms with Crippen molar-refractivity contribution in [2.24, 2.45) is 0 Å². The molecule has 0 aliphatic heterocycles. The Morgan fingerprint density at radius 1 is 1.13 bits per heavy atom. The minimum Gasteiger partial charge on any atom is -0.258 e. The van der Waals surface area contributed by atoms with E-state index in [0.29, 0.717) is 11.3 Å². The summed E-state index contributed by atoms with van der Waals surface area (Å²) < 4.78 is 13.4. The predicted octanol–water partition coefficient (Wildman–Crippen LogP) is 2.64. The number of aromatic nitrogens is 3. The normalized spacial score (nSPS) is 10.3. The van der Waals surface area contributed by atoms with Gasteiger partial charge in [-0.3, -0.25) is 9.97 Å². The van der Waals surface area contributed by atoms with E-state index in [-0.39, 0.29) is 5.15 Å². The van der Waals surface area contributed by atoms with Gasteiger partial charge in [0.25, 0.3) is 0 Å². The van der Waals surface area contributed by atoms with Crippen molar-refractivity contribution in [1.29, 1.82) is 0 Å². The van der Waals surface area contributed by atoms with Crippen LogP contribution in [-0.4, -0.2) is 15.0 Å². The second-order valence-electron chi connectivity index (χ2n) is 3.03. The second kappa shape index (κ2) is 3.90. The highest BCUT2D eigenvalue weighted by atomic mass is 35.5. The number of hydrogen-bond acceptors (Lipinski definition) is 3. The van der Waals surface area contributed by atoms with Crippen LogP contribution in [0, 0.1) is 12.7 Å². The van der Waals surface area contributed by atoms with Gasteiger partial charge >= 0.3 is 0 Å². The fraction of sp³-hybridized carbons (Fsp3) is 0.100. The van der Waals surface area contributed by atoms with E-state index in [4.69, 9.17) is 11.6 Å². The van der Waals surface area contributed by atoms with Crippen LogP contribution >= 0.6 is 11.6 Å². The molecule has 2 rings (SSSR count). The first kappa shape index (κ1) is 9.98. The topological polar surface area (TPSA) is 38.7 Å². The van der Waals surface area contributed by atoms with E-state index in [1.165, 1.54) is 12.4 Å². The highest BCUT2D eigenvalue weighted by molar-refractivity contribution is 6.29. The lowest BCUT2D eigenvalue weighted by Gasteiger charge is -2.01. The molecule has 0 saturated heterocycles. The Labute approximate surface area is 91.0 Å². The SMILES string of the molecule is Cc1cnc(-c2cnc(Cl)cc2F)cn1. The third-order valence-corrected chi connectivity index (χ3v) is 2.08. The molecule has 0 saturated carbocycles. The van der Waals surface area contributed by atoms with Crippen molar-refractivity contribution in [2.45, 2.75) is 6.92 Å². The lowest BCUT2D eigenvalue weighted by molar-refractivity contribution is 0.628. The molecule has 2 aromatic rings. The van der Waals surface area contributed by atoms with Gasteiger partial charge in [0.05, 0.1) is 23.1 Å². The van der Waals surface area contributed by atoms with Crippen LogP contribution in [-0.2, 0) is 0 Å². The summed E-state index contributed by atoms with van der Waals surface area (Å²) in [6.45, 7) is 1.81. The van der Waals surface area contributed by atoms with Crippen molar-refractivity contribution in [2.75, 3.05) is 0 Å². The Bertz CT molecular complexity index is 485. The van der Waals surface area contributed by atoms with Crippen molar-refractivity contribution < 1.29 is 4.39 Å². The summed E-state index contributed by atoms with van der Waals surface area (Å²) in [6, 6.07) is 1.15. The van der Waals surface area contributed by atoms with Crippen molar-refractivity contribution in [1.82, 2.24) is 15.0 Å². The maximum Gasteiger partial charge on any atom is 0.137 e. The molecular formula is C10H7ClFN3. The van der Waals surface area contributed by atoms with Crippen LogP contribution in [0.5, 0.6) is 0 Å². The van der Waals surface area contributed by atoms with Gasteiger partial charge in [-0.15, -0.1) is 0 Å². The third-order valence-electron chi connectivity index (χ3n) is 1.88. The molecule has 15 heavy (non-hydrogen) atoms. The highest BCUT2D eigenvalue weighted by Gasteiger charge is 2.07. The Kier molecular flexibility index (Phi) is 2.60. The summed E-state index contributed by atoms with van der Waals surface area (Å²) in [6.07, 6.45) is 4.42. The zero-order chi connectivity index (χ0) is 10.8. The largest absolute Gasteiger partial charge is 0.258 e. The quantitative estimate of drug-likeness (QED) is 0.698. The first-order chi connectivity index (χ1) is 7.16. The fourth-order valence-corrected chi connectivity index (χ4v) is 1.27. The summed E-state index contributed by atoms with van der Waals surface area (Å²) >= 11 is 5.54. The van der Waals surface area contributed by atoms with Gasteiger partial charge in [-0.2, -0.15) is 0 Å². The number of pyridine rings is 1. The van der Waals surface area contributed by atoms with Crippen LogP contribution in [0.25, 0.3) is 11.3 Å². The fourth-order valence-electron chi connectivity index (χ4n) is 1.13. The van der Waals surface area contributed by atoms with Crippen molar-refractivity contribution >= 4 is 11.6 Å². The number of rotatable bonds is 1. The average Bonchev–Trinajstić information content (AvgIpc) is 2.20. The van der Waals surface area contributed by atoms with Crippen LogP contribution in [0.15, 0.2) is 24.7 Å². The number of nitrogens with zero attached hydrogens (tertiary/aromatic N) is 3. The molecule has 0 amide bonds. The van der Waals surface area contributed by atoms with Crippen molar-refractivity contribution in [3.05, 3.63) is 41.3 Å². The first-order valence-corrected chi connectivity index (χ1v) is 4.64. The molecule has 0 aliphatic carbocycles. The minimum absolute atomic E-state index is 0.122. The molecule has 5 heteroatoms. The average molecular weight is 224 g/mol. The molecule has 0 aliphatic rings. The highest BCUT2D eigenvalue weighted by Crippen LogP contribution is 2.20. The predicted molar refractivity (Wildman–Crippen MR) is 55.0 cm³/mol.